The Kier molecular flexibility index (Phi) is 7.99. The van der Waals surface area contributed by atoms with Gasteiger partial charge in [-0.2, -0.15) is 13.2 Å². The molecule has 10 heteroatoms. The molecule has 0 spiro atoms. The average molecular weight is 532 g/mol. The van der Waals surface area contributed by atoms with Gasteiger partial charge in [-0.25, -0.2) is 4.39 Å². The van der Waals surface area contributed by atoms with Gasteiger partial charge < -0.3 is 11.1 Å². The van der Waals surface area contributed by atoms with Crippen LogP contribution in [0, 0.1) is 30.5 Å². The number of hydrogen-bond donors (Lipinski definition) is 2. The van der Waals surface area contributed by atoms with Crippen LogP contribution < -0.4 is 11.1 Å². The van der Waals surface area contributed by atoms with Crippen molar-refractivity contribution in [3.8, 4) is 0 Å². The molecule has 2 aromatic carbocycles. The Morgan fingerprint density at radius 1 is 1.11 bits per heavy atom. The number of Topliss-reactive ketones (excluding diaryl/α,β-unsaturated/α-hetero) is 1. The van der Waals surface area contributed by atoms with Gasteiger partial charge in [-0.3, -0.25) is 19.4 Å². The maximum absolute atomic E-state index is 15.1. The number of nitrogens with zero attached hydrogens (tertiary/aromatic N) is 1. The number of rotatable bonds is 9. The molecule has 202 valence electrons. The van der Waals surface area contributed by atoms with E-state index < -0.39 is 60.4 Å². The largest absolute Gasteiger partial charge is 0.389 e. The molecule has 3 atom stereocenters. The van der Waals surface area contributed by atoms with E-state index >= 15 is 4.39 Å². The highest BCUT2D eigenvalue weighted by atomic mass is 19.4. The first-order valence-corrected chi connectivity index (χ1v) is 12.6. The molecule has 2 amide bonds. The third kappa shape index (κ3) is 6.46. The number of benzene rings is 2. The number of carbonyl (C=O) groups is 3. The van der Waals surface area contributed by atoms with E-state index in [0.717, 1.165) is 12.8 Å². The van der Waals surface area contributed by atoms with Crippen molar-refractivity contribution >= 4 is 23.3 Å². The van der Waals surface area contributed by atoms with Crippen molar-refractivity contribution in [3.05, 3.63) is 70.5 Å². The molecule has 1 aliphatic heterocycles. The summed E-state index contributed by atoms with van der Waals surface area (Å²) in [4.78, 5) is 43.3. The lowest BCUT2D eigenvalue weighted by Crippen LogP contribution is -2.47. The lowest BCUT2D eigenvalue weighted by atomic mass is 9.83. The summed E-state index contributed by atoms with van der Waals surface area (Å²) in [5.41, 5.74) is 7.23. The van der Waals surface area contributed by atoms with E-state index in [-0.39, 0.29) is 30.0 Å². The number of halogens is 4. The van der Waals surface area contributed by atoms with Gasteiger partial charge in [0.2, 0.25) is 11.8 Å². The molecule has 0 bridgehead atoms. The smallest absolute Gasteiger partial charge is 0.369 e. The minimum Gasteiger partial charge on any atom is -0.369 e. The zero-order valence-electron chi connectivity index (χ0n) is 20.9. The van der Waals surface area contributed by atoms with Gasteiger partial charge in [0.15, 0.2) is 11.9 Å². The highest BCUT2D eigenvalue weighted by molar-refractivity contribution is 6.16. The molecular weight excluding hydrogens is 502 g/mol. The second-order valence-electron chi connectivity index (χ2n) is 10.1. The fourth-order valence-corrected chi connectivity index (χ4v) is 4.88. The van der Waals surface area contributed by atoms with Crippen LogP contribution in [0.2, 0.25) is 0 Å². The van der Waals surface area contributed by atoms with E-state index in [4.69, 9.17) is 5.73 Å². The van der Waals surface area contributed by atoms with Crippen molar-refractivity contribution in [2.24, 2.45) is 28.5 Å². The molecule has 1 aliphatic carbocycles. The van der Waals surface area contributed by atoms with Gasteiger partial charge in [-0.1, -0.05) is 55.3 Å². The summed E-state index contributed by atoms with van der Waals surface area (Å²) in [5.74, 6) is -5.32. The molecular formula is C28H29F4N3O3. The molecule has 6 nitrogen and oxygen atoms in total. The van der Waals surface area contributed by atoms with Crippen molar-refractivity contribution in [1.29, 1.82) is 0 Å². The van der Waals surface area contributed by atoms with Crippen LogP contribution in [-0.2, 0) is 20.8 Å². The summed E-state index contributed by atoms with van der Waals surface area (Å²) in [6.07, 6.45) is -6.51. The number of aryl methyl sites for hydroxylation is 1. The van der Waals surface area contributed by atoms with E-state index in [1.165, 1.54) is 0 Å². The van der Waals surface area contributed by atoms with Crippen molar-refractivity contribution in [1.82, 2.24) is 5.32 Å². The van der Waals surface area contributed by atoms with Crippen LogP contribution in [0.5, 0.6) is 0 Å². The second kappa shape index (κ2) is 11.0. The van der Waals surface area contributed by atoms with Crippen LogP contribution in [0.4, 0.5) is 17.6 Å². The molecule has 0 saturated heterocycles. The summed E-state index contributed by atoms with van der Waals surface area (Å²) in [6, 6.07) is 11.9. The van der Waals surface area contributed by atoms with Gasteiger partial charge in [0.1, 0.15) is 5.82 Å². The maximum Gasteiger partial charge on any atom is 0.389 e. The van der Waals surface area contributed by atoms with Crippen molar-refractivity contribution < 1.29 is 31.9 Å². The molecule has 2 aromatic rings. The molecule has 1 saturated carbocycles. The van der Waals surface area contributed by atoms with Gasteiger partial charge in [-0.15, -0.1) is 0 Å². The van der Waals surface area contributed by atoms with E-state index in [1.54, 1.807) is 49.4 Å². The molecule has 1 fully saturated rings. The fraction of sp³-hybridized carbons (Fsp3) is 0.429. The van der Waals surface area contributed by atoms with Gasteiger partial charge in [-0.05, 0) is 31.2 Å². The Morgan fingerprint density at radius 3 is 2.39 bits per heavy atom. The highest BCUT2D eigenvalue weighted by Gasteiger charge is 2.41. The quantitative estimate of drug-likeness (QED) is 0.469. The standard InChI is InChI=1S/C28H29F4N3O3/c1-15-7-10-18-20(23(15)29)14-22(36)26(34-24(18)17-5-3-2-4-6-17)35-27(38)19(11-12-28(30,31)32)21(25(33)37)13-16-8-9-16/h2-7,10,16,19,21,26H,8-9,11-14H2,1H3,(H2,33,37)(H,35,38)/t19-,21+,26-/m1/s1. The second-order valence-corrected chi connectivity index (χ2v) is 10.1. The monoisotopic (exact) mass is 531 g/mol. The minimum absolute atomic E-state index is 0.122. The number of hydrogen-bond acceptors (Lipinski definition) is 4. The summed E-state index contributed by atoms with van der Waals surface area (Å²) in [6.45, 7) is 1.57. The first-order chi connectivity index (χ1) is 17.9. The van der Waals surface area contributed by atoms with Crippen LogP contribution in [0.3, 0.4) is 0 Å². The maximum atomic E-state index is 15.1. The van der Waals surface area contributed by atoms with Gasteiger partial charge in [0, 0.05) is 41.4 Å². The molecule has 38 heavy (non-hydrogen) atoms. The Bertz CT molecular complexity index is 1260. The fourth-order valence-electron chi connectivity index (χ4n) is 4.88. The third-order valence-corrected chi connectivity index (χ3v) is 7.14. The third-order valence-electron chi connectivity index (χ3n) is 7.14. The van der Waals surface area contributed by atoms with Crippen LogP contribution in [0.25, 0.3) is 0 Å². The van der Waals surface area contributed by atoms with Crippen LogP contribution in [0.1, 0.15) is 54.4 Å². The van der Waals surface area contributed by atoms with Crippen molar-refractivity contribution in [3.63, 3.8) is 0 Å². The zero-order chi connectivity index (χ0) is 27.6. The number of fused-ring (bicyclic) bond motifs is 1. The van der Waals surface area contributed by atoms with Gasteiger partial charge >= 0.3 is 6.18 Å². The zero-order valence-corrected chi connectivity index (χ0v) is 20.9. The number of carbonyl (C=O) groups excluding carboxylic acids is 3. The Labute approximate surface area is 217 Å². The first-order valence-electron chi connectivity index (χ1n) is 12.6. The number of ketones is 1. The van der Waals surface area contributed by atoms with E-state index in [2.05, 4.69) is 10.3 Å². The van der Waals surface area contributed by atoms with E-state index in [0.29, 0.717) is 16.7 Å². The summed E-state index contributed by atoms with van der Waals surface area (Å²) in [5, 5.41) is 2.47. The number of aliphatic imine (C=N–C) groups is 1. The molecule has 3 N–H and O–H groups in total. The number of nitrogens with one attached hydrogen (secondary N) is 1. The van der Waals surface area contributed by atoms with Crippen LogP contribution in [0.15, 0.2) is 47.5 Å². The molecule has 0 radical (unpaired) electrons. The topological polar surface area (TPSA) is 102 Å². The first kappa shape index (κ1) is 27.5. The summed E-state index contributed by atoms with van der Waals surface area (Å²) in [7, 11) is 0. The molecule has 2 aliphatic rings. The Balaban J connectivity index is 1.69. The number of primary amides is 1. The highest BCUT2D eigenvalue weighted by Crippen LogP contribution is 2.39. The minimum atomic E-state index is -4.55. The van der Waals surface area contributed by atoms with Gasteiger partial charge in [0.25, 0.3) is 0 Å². The Hall–Kier alpha value is -3.56. The predicted octanol–water partition coefficient (Wildman–Crippen LogP) is 4.40. The molecule has 4 rings (SSSR count). The number of amides is 2. The molecule has 0 aromatic heterocycles. The lowest BCUT2D eigenvalue weighted by Gasteiger charge is -2.26. The van der Waals surface area contributed by atoms with Crippen molar-refractivity contribution in [2.75, 3.05) is 0 Å². The van der Waals surface area contributed by atoms with Crippen molar-refractivity contribution in [2.45, 2.75) is 57.8 Å². The number of alkyl halides is 3. The van der Waals surface area contributed by atoms with Crippen LogP contribution >= 0.6 is 0 Å². The number of nitrogens with two attached hydrogens (primary N) is 1. The Morgan fingerprint density at radius 2 is 1.79 bits per heavy atom. The predicted molar refractivity (Wildman–Crippen MR) is 133 cm³/mol. The normalized spacial score (nSPS) is 19.1. The van der Waals surface area contributed by atoms with Crippen LogP contribution in [-0.4, -0.2) is 35.7 Å². The molecule has 1 heterocycles. The van der Waals surface area contributed by atoms with E-state index in [9.17, 15) is 27.6 Å². The summed E-state index contributed by atoms with van der Waals surface area (Å²) < 4.78 is 54.4. The molecule has 0 unspecified atom stereocenters. The summed E-state index contributed by atoms with van der Waals surface area (Å²) >= 11 is 0. The SMILES string of the molecule is Cc1ccc2c(c1F)CC(=O)[C@@H](NC(=O)[C@H](CCC(F)(F)F)[C@H](CC1CC1)C(N)=O)N=C2c1ccccc1. The lowest BCUT2D eigenvalue weighted by molar-refractivity contribution is -0.146. The average Bonchev–Trinajstić information content (AvgIpc) is 3.69. The van der Waals surface area contributed by atoms with E-state index in [1.807, 2.05) is 0 Å². The van der Waals surface area contributed by atoms with Gasteiger partial charge in [0.05, 0.1) is 5.71 Å².